The molecule has 1 heterocycles. The van der Waals surface area contributed by atoms with Gasteiger partial charge in [0.05, 0.1) is 29.1 Å². The Labute approximate surface area is 177 Å². The summed E-state index contributed by atoms with van der Waals surface area (Å²) in [5.41, 5.74) is 0. The molecule has 0 aromatic carbocycles. The van der Waals surface area contributed by atoms with Crippen LogP contribution in [0, 0.1) is 0 Å². The molecule has 1 saturated heterocycles. The predicted molar refractivity (Wildman–Crippen MR) is 113 cm³/mol. The highest BCUT2D eigenvalue weighted by molar-refractivity contribution is 7.85. The van der Waals surface area contributed by atoms with Crippen LogP contribution in [-0.4, -0.2) is 68.5 Å². The van der Waals surface area contributed by atoms with Gasteiger partial charge in [-0.25, -0.2) is 8.42 Å². The van der Waals surface area contributed by atoms with Crippen molar-refractivity contribution < 1.29 is 27.2 Å². The first kappa shape index (κ1) is 26.3. The normalized spacial score (nSPS) is 16.6. The molecule has 0 N–H and O–H groups in total. The van der Waals surface area contributed by atoms with Crippen molar-refractivity contribution >= 4 is 16.1 Å². The molecule has 1 atom stereocenters. The van der Waals surface area contributed by atoms with Crippen molar-refractivity contribution in [2.24, 2.45) is 0 Å². The molecule has 1 aliphatic heterocycles. The van der Waals surface area contributed by atoms with Gasteiger partial charge in [0.2, 0.25) is 0 Å². The number of hydrogen-bond donors (Lipinski definition) is 0. The van der Waals surface area contributed by atoms with E-state index in [0.29, 0.717) is 26.3 Å². The highest BCUT2D eigenvalue weighted by Gasteiger charge is 2.22. The lowest BCUT2D eigenvalue weighted by atomic mass is 10.1. The van der Waals surface area contributed by atoms with Crippen molar-refractivity contribution in [3.05, 3.63) is 0 Å². The molecule has 1 unspecified atom stereocenters. The third kappa shape index (κ3) is 15.8. The molecular formula is C21H40NO6S-. The maximum absolute atomic E-state index is 12.1. The molecule has 29 heavy (non-hydrogen) atoms. The molecule has 0 saturated carbocycles. The highest BCUT2D eigenvalue weighted by atomic mass is 32.2. The monoisotopic (exact) mass is 434 g/mol. The van der Waals surface area contributed by atoms with E-state index in [1.165, 1.54) is 51.4 Å². The molecule has 0 bridgehead atoms. The third-order valence-electron chi connectivity index (χ3n) is 5.24. The van der Waals surface area contributed by atoms with Crippen molar-refractivity contribution in [2.75, 3.05) is 38.6 Å². The Balaban J connectivity index is 2.14. The van der Waals surface area contributed by atoms with Crippen LogP contribution in [0.3, 0.4) is 0 Å². The van der Waals surface area contributed by atoms with Crippen LogP contribution in [0.2, 0.25) is 0 Å². The standard InChI is InChI=1S/C21H41NO6S/c1-2-3-4-5-6-7-8-9-10-11-12-13-21(23)28-20(19-29(24,25)26)18-22-14-16-27-17-15-22/h20H,2-19H2,1H3,(H,24,25,26)/p-1. The van der Waals surface area contributed by atoms with E-state index >= 15 is 0 Å². The van der Waals surface area contributed by atoms with Crippen LogP contribution in [0.4, 0.5) is 0 Å². The van der Waals surface area contributed by atoms with Gasteiger partial charge in [0.25, 0.3) is 0 Å². The van der Waals surface area contributed by atoms with E-state index in [0.717, 1.165) is 19.3 Å². The lowest BCUT2D eigenvalue weighted by Crippen LogP contribution is -2.44. The fourth-order valence-corrected chi connectivity index (χ4v) is 4.23. The molecule has 0 aliphatic carbocycles. The van der Waals surface area contributed by atoms with Crippen LogP contribution >= 0.6 is 0 Å². The minimum atomic E-state index is -4.45. The maximum atomic E-state index is 12.1. The van der Waals surface area contributed by atoms with Crippen LogP contribution in [-0.2, 0) is 24.4 Å². The average molecular weight is 435 g/mol. The first-order chi connectivity index (χ1) is 13.9. The van der Waals surface area contributed by atoms with Crippen LogP contribution in [0.15, 0.2) is 0 Å². The molecule has 172 valence electrons. The Morgan fingerprint density at radius 2 is 1.48 bits per heavy atom. The number of rotatable bonds is 17. The molecular weight excluding hydrogens is 394 g/mol. The van der Waals surface area contributed by atoms with Crippen molar-refractivity contribution in [1.29, 1.82) is 0 Å². The zero-order valence-electron chi connectivity index (χ0n) is 18.1. The summed E-state index contributed by atoms with van der Waals surface area (Å²) in [6, 6.07) is 0. The van der Waals surface area contributed by atoms with Crippen molar-refractivity contribution in [2.45, 2.75) is 90.1 Å². The van der Waals surface area contributed by atoms with Crippen LogP contribution in [0.25, 0.3) is 0 Å². The molecule has 1 fully saturated rings. The SMILES string of the molecule is CCCCCCCCCCCCCC(=O)OC(CN1CCOCC1)CS(=O)(=O)[O-]. The summed E-state index contributed by atoms with van der Waals surface area (Å²) in [4.78, 5) is 14.0. The second-order valence-corrected chi connectivity index (χ2v) is 9.48. The van der Waals surface area contributed by atoms with Crippen molar-refractivity contribution in [1.82, 2.24) is 4.90 Å². The number of carbonyl (C=O) groups is 1. The van der Waals surface area contributed by atoms with E-state index in [1.54, 1.807) is 0 Å². The molecule has 0 spiro atoms. The fraction of sp³-hybridized carbons (Fsp3) is 0.952. The largest absolute Gasteiger partial charge is 0.748 e. The summed E-state index contributed by atoms with van der Waals surface area (Å²) in [6.45, 7) is 4.89. The number of esters is 1. The number of morpholine rings is 1. The van der Waals surface area contributed by atoms with Crippen LogP contribution < -0.4 is 0 Å². The van der Waals surface area contributed by atoms with Gasteiger partial charge in [-0.2, -0.15) is 0 Å². The van der Waals surface area contributed by atoms with Crippen LogP contribution in [0.5, 0.6) is 0 Å². The summed E-state index contributed by atoms with van der Waals surface area (Å²) >= 11 is 0. The number of carbonyl (C=O) groups excluding carboxylic acids is 1. The molecule has 0 radical (unpaired) electrons. The zero-order valence-corrected chi connectivity index (χ0v) is 18.9. The molecule has 8 heteroatoms. The van der Waals surface area contributed by atoms with E-state index in [-0.39, 0.29) is 13.0 Å². The Bertz CT molecular complexity index is 519. The number of unbranched alkanes of at least 4 members (excludes halogenated alkanes) is 10. The number of hydrogen-bond acceptors (Lipinski definition) is 7. The maximum Gasteiger partial charge on any atom is 0.306 e. The smallest absolute Gasteiger partial charge is 0.306 e. The fourth-order valence-electron chi connectivity index (χ4n) is 3.60. The van der Waals surface area contributed by atoms with Crippen LogP contribution in [0.1, 0.15) is 84.0 Å². The second-order valence-electron chi connectivity index (χ2n) is 8.03. The zero-order chi connectivity index (χ0) is 21.4. The van der Waals surface area contributed by atoms with Gasteiger partial charge >= 0.3 is 5.97 Å². The topological polar surface area (TPSA) is 96.0 Å². The van der Waals surface area contributed by atoms with Gasteiger partial charge in [0, 0.05) is 26.1 Å². The first-order valence-electron chi connectivity index (χ1n) is 11.3. The van der Waals surface area contributed by atoms with Gasteiger partial charge in [-0.15, -0.1) is 0 Å². The summed E-state index contributed by atoms with van der Waals surface area (Å²) < 4.78 is 44.0. The van der Waals surface area contributed by atoms with Gasteiger partial charge in [0.1, 0.15) is 6.10 Å². The number of ether oxygens (including phenoxy) is 2. The Hall–Kier alpha value is -0.700. The lowest BCUT2D eigenvalue weighted by Gasteiger charge is -2.30. The van der Waals surface area contributed by atoms with Gasteiger partial charge in [-0.05, 0) is 6.42 Å². The minimum absolute atomic E-state index is 0.259. The van der Waals surface area contributed by atoms with E-state index < -0.39 is 27.9 Å². The summed E-state index contributed by atoms with van der Waals surface area (Å²) in [7, 11) is -4.45. The molecule has 0 aromatic heterocycles. The molecule has 1 rings (SSSR count). The molecule has 1 aliphatic rings. The number of nitrogens with zero attached hydrogens (tertiary/aromatic N) is 1. The Morgan fingerprint density at radius 3 is 2.00 bits per heavy atom. The first-order valence-corrected chi connectivity index (χ1v) is 12.9. The van der Waals surface area contributed by atoms with E-state index in [2.05, 4.69) is 6.92 Å². The third-order valence-corrected chi connectivity index (χ3v) is 6.02. The quantitative estimate of drug-likeness (QED) is 0.196. The van der Waals surface area contributed by atoms with E-state index in [9.17, 15) is 17.8 Å². The summed E-state index contributed by atoms with van der Waals surface area (Å²) in [5, 5.41) is 0. The van der Waals surface area contributed by atoms with Gasteiger partial charge in [-0.3, -0.25) is 9.69 Å². The molecule has 0 amide bonds. The van der Waals surface area contributed by atoms with Gasteiger partial charge in [0.15, 0.2) is 0 Å². The van der Waals surface area contributed by atoms with Crippen molar-refractivity contribution in [3.8, 4) is 0 Å². The predicted octanol–water partition coefficient (Wildman–Crippen LogP) is 3.48. The molecule has 0 aromatic rings. The second kappa shape index (κ2) is 16.1. The minimum Gasteiger partial charge on any atom is -0.748 e. The average Bonchev–Trinajstić information content (AvgIpc) is 2.65. The summed E-state index contributed by atoms with van der Waals surface area (Å²) in [5.74, 6) is -1.09. The van der Waals surface area contributed by atoms with Crippen molar-refractivity contribution in [3.63, 3.8) is 0 Å². The Morgan fingerprint density at radius 1 is 0.966 bits per heavy atom. The lowest BCUT2D eigenvalue weighted by molar-refractivity contribution is -0.149. The highest BCUT2D eigenvalue weighted by Crippen LogP contribution is 2.13. The van der Waals surface area contributed by atoms with E-state index in [1.807, 2.05) is 4.90 Å². The van der Waals surface area contributed by atoms with Gasteiger partial charge in [-0.1, -0.05) is 71.1 Å². The van der Waals surface area contributed by atoms with E-state index in [4.69, 9.17) is 9.47 Å². The molecule has 7 nitrogen and oxygen atoms in total. The Kier molecular flexibility index (Phi) is 14.6. The summed E-state index contributed by atoms with van der Waals surface area (Å²) in [6.07, 6.45) is 12.5. The van der Waals surface area contributed by atoms with Gasteiger partial charge < -0.3 is 14.0 Å².